The zero-order valence-corrected chi connectivity index (χ0v) is 12.4. The Kier molecular flexibility index (Phi) is 5.83. The van der Waals surface area contributed by atoms with Crippen LogP contribution in [0.5, 0.6) is 0 Å². The molecule has 0 radical (unpaired) electrons. The number of nitrogens with one attached hydrogen (secondary N) is 2. The highest BCUT2D eigenvalue weighted by molar-refractivity contribution is 5.94. The highest BCUT2D eigenvalue weighted by Gasteiger charge is 2.06. The molecular formula is C14H22N4O2. The number of amides is 3. The molecule has 0 unspecified atom stereocenters. The maximum absolute atomic E-state index is 11.9. The molecule has 0 bridgehead atoms. The summed E-state index contributed by atoms with van der Waals surface area (Å²) in [5.41, 5.74) is 1.65. The van der Waals surface area contributed by atoms with Gasteiger partial charge in [0, 0.05) is 52.5 Å². The van der Waals surface area contributed by atoms with E-state index in [-0.39, 0.29) is 11.9 Å². The van der Waals surface area contributed by atoms with Crippen molar-refractivity contribution >= 4 is 17.6 Å². The molecule has 6 heteroatoms. The van der Waals surface area contributed by atoms with Gasteiger partial charge in [0.15, 0.2) is 0 Å². The number of hydrogen-bond acceptors (Lipinski definition) is 3. The highest BCUT2D eigenvalue weighted by Crippen LogP contribution is 2.11. The van der Waals surface area contributed by atoms with Gasteiger partial charge in [0.1, 0.15) is 0 Å². The average Bonchev–Trinajstić information content (AvgIpc) is 2.43. The van der Waals surface area contributed by atoms with Gasteiger partial charge in [-0.25, -0.2) is 4.79 Å². The van der Waals surface area contributed by atoms with Crippen molar-refractivity contribution in [3.05, 3.63) is 29.8 Å². The van der Waals surface area contributed by atoms with E-state index in [0.29, 0.717) is 18.7 Å². The van der Waals surface area contributed by atoms with Crippen LogP contribution >= 0.6 is 0 Å². The number of carbonyl (C=O) groups is 2. The highest BCUT2D eigenvalue weighted by atomic mass is 16.2. The lowest BCUT2D eigenvalue weighted by atomic mass is 10.2. The summed E-state index contributed by atoms with van der Waals surface area (Å²) in [6, 6.07) is 7.17. The Labute approximate surface area is 119 Å². The van der Waals surface area contributed by atoms with Crippen molar-refractivity contribution in [2.45, 2.75) is 0 Å². The zero-order chi connectivity index (χ0) is 15.1. The molecule has 0 aliphatic carbocycles. The molecule has 6 nitrogen and oxygen atoms in total. The van der Waals surface area contributed by atoms with Gasteiger partial charge in [0.05, 0.1) is 0 Å². The summed E-state index contributed by atoms with van der Waals surface area (Å²) in [6.45, 7) is 0.798. The molecule has 0 atom stereocenters. The normalized spacial score (nSPS) is 9.80. The number of anilines is 1. The molecule has 0 aliphatic rings. The lowest BCUT2D eigenvalue weighted by Crippen LogP contribution is -2.39. The Morgan fingerprint density at radius 1 is 0.950 bits per heavy atom. The molecule has 1 aromatic carbocycles. The monoisotopic (exact) mass is 278 g/mol. The molecule has 1 aromatic rings. The van der Waals surface area contributed by atoms with Crippen molar-refractivity contribution in [2.24, 2.45) is 0 Å². The number of nitrogens with zero attached hydrogens (tertiary/aromatic N) is 2. The molecule has 20 heavy (non-hydrogen) atoms. The SMILES string of the molecule is CN(C)C(=O)NCCNC(=O)c1ccc(N(C)C)cc1. The third-order valence-corrected chi connectivity index (χ3v) is 2.74. The quantitative estimate of drug-likeness (QED) is 0.781. The van der Waals surface area contributed by atoms with Crippen molar-refractivity contribution in [1.29, 1.82) is 0 Å². The van der Waals surface area contributed by atoms with E-state index in [9.17, 15) is 9.59 Å². The second-order valence-electron chi connectivity index (χ2n) is 4.82. The Morgan fingerprint density at radius 2 is 1.50 bits per heavy atom. The van der Waals surface area contributed by atoms with E-state index in [1.54, 1.807) is 26.2 Å². The maximum Gasteiger partial charge on any atom is 0.316 e. The fraction of sp³-hybridized carbons (Fsp3) is 0.429. The predicted molar refractivity (Wildman–Crippen MR) is 80.2 cm³/mol. The van der Waals surface area contributed by atoms with Crippen LogP contribution in [0.2, 0.25) is 0 Å². The number of rotatable bonds is 5. The second-order valence-corrected chi connectivity index (χ2v) is 4.82. The Morgan fingerprint density at radius 3 is 2.00 bits per heavy atom. The molecule has 3 amide bonds. The molecule has 0 aromatic heterocycles. The van der Waals surface area contributed by atoms with Crippen LogP contribution in [0.3, 0.4) is 0 Å². The third kappa shape index (κ3) is 4.79. The van der Waals surface area contributed by atoms with E-state index in [2.05, 4.69) is 10.6 Å². The van der Waals surface area contributed by atoms with Crippen LogP contribution in [0.15, 0.2) is 24.3 Å². The van der Waals surface area contributed by atoms with Gasteiger partial charge in [-0.3, -0.25) is 4.79 Å². The first-order valence-electron chi connectivity index (χ1n) is 6.42. The Balaban J connectivity index is 2.38. The van der Waals surface area contributed by atoms with Crippen LogP contribution < -0.4 is 15.5 Å². The first kappa shape index (κ1) is 15.8. The van der Waals surface area contributed by atoms with Gasteiger partial charge in [0.25, 0.3) is 5.91 Å². The molecule has 2 N–H and O–H groups in total. The van der Waals surface area contributed by atoms with E-state index in [1.807, 2.05) is 31.1 Å². The van der Waals surface area contributed by atoms with Crippen molar-refractivity contribution < 1.29 is 9.59 Å². The summed E-state index contributed by atoms with van der Waals surface area (Å²) in [7, 11) is 7.23. The predicted octanol–water partition coefficient (Wildman–Crippen LogP) is 0.754. The first-order valence-corrected chi connectivity index (χ1v) is 6.42. The fourth-order valence-electron chi connectivity index (χ4n) is 1.52. The van der Waals surface area contributed by atoms with Gasteiger partial charge in [0.2, 0.25) is 0 Å². The Bertz CT molecular complexity index is 455. The van der Waals surface area contributed by atoms with Gasteiger partial charge >= 0.3 is 6.03 Å². The Hall–Kier alpha value is -2.24. The molecule has 0 saturated heterocycles. The van der Waals surface area contributed by atoms with Crippen LogP contribution in [0.4, 0.5) is 10.5 Å². The van der Waals surface area contributed by atoms with Crippen LogP contribution in [0.1, 0.15) is 10.4 Å². The van der Waals surface area contributed by atoms with Crippen LogP contribution in [0.25, 0.3) is 0 Å². The standard InChI is InChI=1S/C14H22N4O2/c1-17(2)12-7-5-11(6-8-12)13(19)15-9-10-16-14(20)18(3)4/h5-8H,9-10H2,1-4H3,(H,15,19)(H,16,20). The molecule has 0 aliphatic heterocycles. The number of carbonyl (C=O) groups excluding carboxylic acids is 2. The van der Waals surface area contributed by atoms with Gasteiger partial charge in [-0.2, -0.15) is 0 Å². The van der Waals surface area contributed by atoms with Crippen molar-refractivity contribution in [3.63, 3.8) is 0 Å². The molecule has 1 rings (SSSR count). The molecule has 0 fully saturated rings. The second kappa shape index (κ2) is 7.37. The lowest BCUT2D eigenvalue weighted by Gasteiger charge is -2.13. The summed E-state index contributed by atoms with van der Waals surface area (Å²) in [5.74, 6) is -0.144. The third-order valence-electron chi connectivity index (χ3n) is 2.74. The largest absolute Gasteiger partial charge is 0.378 e. The van der Waals surface area contributed by atoms with Gasteiger partial charge in [-0.1, -0.05) is 0 Å². The maximum atomic E-state index is 11.9. The average molecular weight is 278 g/mol. The number of hydrogen-bond donors (Lipinski definition) is 2. The van der Waals surface area contributed by atoms with Crippen molar-refractivity contribution in [3.8, 4) is 0 Å². The van der Waals surface area contributed by atoms with E-state index >= 15 is 0 Å². The number of benzene rings is 1. The van der Waals surface area contributed by atoms with E-state index in [4.69, 9.17) is 0 Å². The fourth-order valence-corrected chi connectivity index (χ4v) is 1.52. The van der Waals surface area contributed by atoms with Crippen LogP contribution in [-0.4, -0.2) is 58.1 Å². The van der Waals surface area contributed by atoms with Crippen molar-refractivity contribution in [2.75, 3.05) is 46.2 Å². The molecular weight excluding hydrogens is 256 g/mol. The molecule has 110 valence electrons. The molecule has 0 spiro atoms. The minimum absolute atomic E-state index is 0.144. The van der Waals surface area contributed by atoms with Gasteiger partial charge in [-0.05, 0) is 24.3 Å². The summed E-state index contributed by atoms with van der Waals surface area (Å²) in [4.78, 5) is 26.5. The number of urea groups is 1. The molecule has 0 saturated carbocycles. The minimum Gasteiger partial charge on any atom is -0.378 e. The van der Waals surface area contributed by atoms with E-state index in [1.165, 1.54) is 4.90 Å². The topological polar surface area (TPSA) is 64.7 Å². The summed E-state index contributed by atoms with van der Waals surface area (Å²) in [5, 5.41) is 5.43. The van der Waals surface area contributed by atoms with Gasteiger partial charge in [-0.15, -0.1) is 0 Å². The van der Waals surface area contributed by atoms with Gasteiger partial charge < -0.3 is 20.4 Å². The zero-order valence-electron chi connectivity index (χ0n) is 12.4. The first-order chi connectivity index (χ1) is 9.41. The van der Waals surface area contributed by atoms with Crippen LogP contribution in [0, 0.1) is 0 Å². The van der Waals surface area contributed by atoms with Crippen molar-refractivity contribution in [1.82, 2.24) is 15.5 Å². The molecule has 0 heterocycles. The van der Waals surface area contributed by atoms with E-state index in [0.717, 1.165) is 5.69 Å². The lowest BCUT2D eigenvalue weighted by molar-refractivity contribution is 0.0953. The summed E-state index contributed by atoms with van der Waals surface area (Å²) >= 11 is 0. The smallest absolute Gasteiger partial charge is 0.316 e. The summed E-state index contributed by atoms with van der Waals surface area (Å²) in [6.07, 6.45) is 0. The van der Waals surface area contributed by atoms with E-state index < -0.39 is 0 Å². The summed E-state index contributed by atoms with van der Waals surface area (Å²) < 4.78 is 0. The minimum atomic E-state index is -0.172. The van der Waals surface area contributed by atoms with Crippen LogP contribution in [-0.2, 0) is 0 Å².